The van der Waals surface area contributed by atoms with Crippen molar-refractivity contribution in [2.75, 3.05) is 16.4 Å². The number of aryl methyl sites for hydroxylation is 1. The minimum atomic E-state index is -0.257. The first kappa shape index (κ1) is 16.4. The molecule has 1 heterocycles. The molecule has 2 aromatic carbocycles. The van der Waals surface area contributed by atoms with Crippen LogP contribution in [0.1, 0.15) is 12.0 Å². The smallest absolute Gasteiger partial charge is 0.237 e. The van der Waals surface area contributed by atoms with E-state index in [2.05, 4.69) is 10.6 Å². The van der Waals surface area contributed by atoms with Crippen molar-refractivity contribution < 1.29 is 14.7 Å². The molecule has 3 rings (SSSR count). The molecule has 1 aliphatic heterocycles. The summed E-state index contributed by atoms with van der Waals surface area (Å²) < 4.78 is 0. The third-order valence-corrected chi connectivity index (χ3v) is 5.07. The van der Waals surface area contributed by atoms with Crippen molar-refractivity contribution in [3.63, 3.8) is 0 Å². The number of thioether (sulfide) groups is 1. The summed E-state index contributed by atoms with van der Waals surface area (Å²) >= 11 is 1.33. The van der Waals surface area contributed by atoms with E-state index in [0.29, 0.717) is 12.1 Å². The number of anilines is 2. The van der Waals surface area contributed by atoms with E-state index in [1.165, 1.54) is 23.9 Å². The maximum Gasteiger partial charge on any atom is 0.237 e. The summed E-state index contributed by atoms with van der Waals surface area (Å²) in [6.45, 7) is 0. The maximum atomic E-state index is 12.3. The fourth-order valence-electron chi connectivity index (χ4n) is 2.61. The number of hydrogen-bond donors (Lipinski definition) is 3. The van der Waals surface area contributed by atoms with Crippen molar-refractivity contribution in [2.24, 2.45) is 0 Å². The molecule has 0 radical (unpaired) electrons. The van der Waals surface area contributed by atoms with Gasteiger partial charge in [-0.15, -0.1) is 11.8 Å². The molecule has 0 aliphatic carbocycles. The van der Waals surface area contributed by atoms with Crippen LogP contribution in [0, 0.1) is 0 Å². The summed E-state index contributed by atoms with van der Waals surface area (Å²) in [5.74, 6) is 0.0287. The van der Waals surface area contributed by atoms with E-state index in [9.17, 15) is 14.7 Å². The van der Waals surface area contributed by atoms with Gasteiger partial charge in [-0.2, -0.15) is 0 Å². The predicted octanol–water partition coefficient (Wildman–Crippen LogP) is 3.02. The van der Waals surface area contributed by atoms with Gasteiger partial charge in [-0.05, 0) is 36.6 Å². The molecule has 5 nitrogen and oxygen atoms in total. The zero-order valence-corrected chi connectivity index (χ0v) is 13.8. The third-order valence-electron chi connectivity index (χ3n) is 3.79. The zero-order chi connectivity index (χ0) is 16.9. The van der Waals surface area contributed by atoms with Gasteiger partial charge in [-0.3, -0.25) is 9.59 Å². The van der Waals surface area contributed by atoms with Gasteiger partial charge in [0.2, 0.25) is 11.8 Å². The van der Waals surface area contributed by atoms with Crippen LogP contribution in [0.5, 0.6) is 5.75 Å². The lowest BCUT2D eigenvalue weighted by atomic mass is 10.1. The minimum absolute atomic E-state index is 0.0601. The van der Waals surface area contributed by atoms with Crippen LogP contribution in [0.3, 0.4) is 0 Å². The van der Waals surface area contributed by atoms with Gasteiger partial charge in [0.15, 0.2) is 0 Å². The van der Waals surface area contributed by atoms with E-state index in [4.69, 9.17) is 0 Å². The number of para-hydroxylation sites is 1. The van der Waals surface area contributed by atoms with Crippen LogP contribution in [0.25, 0.3) is 0 Å². The average molecular weight is 342 g/mol. The Morgan fingerprint density at radius 1 is 1.25 bits per heavy atom. The molecule has 24 heavy (non-hydrogen) atoms. The summed E-state index contributed by atoms with van der Waals surface area (Å²) in [4.78, 5) is 24.3. The Morgan fingerprint density at radius 2 is 2.08 bits per heavy atom. The molecule has 0 aromatic heterocycles. The lowest BCUT2D eigenvalue weighted by Crippen LogP contribution is -2.26. The Bertz CT molecular complexity index is 763. The highest BCUT2D eigenvalue weighted by molar-refractivity contribution is 8.01. The number of aromatic hydroxyl groups is 1. The molecule has 0 fully saturated rings. The molecule has 1 aliphatic rings. The second-order valence-corrected chi connectivity index (χ2v) is 6.77. The number of nitrogens with one attached hydrogen (secondary N) is 2. The number of benzene rings is 2. The number of phenols is 1. The molecule has 3 N–H and O–H groups in total. The van der Waals surface area contributed by atoms with E-state index in [-0.39, 0.29) is 28.6 Å². The zero-order valence-electron chi connectivity index (χ0n) is 13.0. The minimum Gasteiger partial charge on any atom is -0.508 e. The lowest BCUT2D eigenvalue weighted by Gasteiger charge is -2.12. The monoisotopic (exact) mass is 342 g/mol. The predicted molar refractivity (Wildman–Crippen MR) is 96.4 cm³/mol. The Morgan fingerprint density at radius 3 is 2.92 bits per heavy atom. The molecule has 6 heteroatoms. The molecule has 0 saturated heterocycles. The molecular weight excluding hydrogens is 324 g/mol. The molecular formula is C18H18N2O3S. The highest BCUT2D eigenvalue weighted by Crippen LogP contribution is 2.27. The van der Waals surface area contributed by atoms with Crippen LogP contribution in [-0.2, 0) is 16.0 Å². The summed E-state index contributed by atoms with van der Waals surface area (Å²) in [5, 5.41) is 14.8. The van der Waals surface area contributed by atoms with Crippen LogP contribution in [0.4, 0.5) is 11.4 Å². The Labute approximate surface area is 144 Å². The normalized spacial score (nSPS) is 16.7. The molecule has 0 saturated carbocycles. The first-order chi connectivity index (χ1) is 11.6. The number of phenolic OH excluding ortho intramolecular Hbond substituents is 1. The summed E-state index contributed by atoms with van der Waals surface area (Å²) in [5.41, 5.74) is 2.52. The van der Waals surface area contributed by atoms with E-state index in [0.717, 1.165) is 17.7 Å². The fraction of sp³-hybridized carbons (Fsp3) is 0.222. The van der Waals surface area contributed by atoms with Gasteiger partial charge >= 0.3 is 0 Å². The standard InChI is InChI=1S/C18H18N2O3S/c21-14-6-3-5-13(10-14)19-17(22)11-24-16-9-8-12-4-1-2-7-15(12)20-18(16)23/h1-7,10,16,21H,8-9,11H2,(H,19,22)(H,20,23)/t16-/m0/s1. The Kier molecular flexibility index (Phi) is 5.05. The summed E-state index contributed by atoms with van der Waals surface area (Å²) in [6.07, 6.45) is 1.51. The highest BCUT2D eigenvalue weighted by atomic mass is 32.2. The number of carbonyl (C=O) groups excluding carboxylic acids is 2. The second-order valence-electron chi connectivity index (χ2n) is 5.58. The number of rotatable bonds is 4. The average Bonchev–Trinajstić information content (AvgIpc) is 2.71. The highest BCUT2D eigenvalue weighted by Gasteiger charge is 2.24. The van der Waals surface area contributed by atoms with Crippen molar-refractivity contribution in [3.8, 4) is 5.75 Å². The van der Waals surface area contributed by atoms with Crippen LogP contribution < -0.4 is 10.6 Å². The van der Waals surface area contributed by atoms with Gasteiger partial charge < -0.3 is 15.7 Å². The SMILES string of the molecule is O=C(CS[C@H]1CCc2ccccc2NC1=O)Nc1cccc(O)c1. The molecule has 2 amide bonds. The molecule has 2 aromatic rings. The van der Waals surface area contributed by atoms with Crippen molar-refractivity contribution in [3.05, 3.63) is 54.1 Å². The number of carbonyl (C=O) groups is 2. The van der Waals surface area contributed by atoms with Gasteiger partial charge in [0.05, 0.1) is 11.0 Å². The lowest BCUT2D eigenvalue weighted by molar-refractivity contribution is -0.115. The topological polar surface area (TPSA) is 78.4 Å². The first-order valence-corrected chi connectivity index (χ1v) is 8.76. The van der Waals surface area contributed by atoms with Crippen molar-refractivity contribution >= 4 is 35.0 Å². The van der Waals surface area contributed by atoms with E-state index >= 15 is 0 Å². The van der Waals surface area contributed by atoms with Gasteiger partial charge in [0, 0.05) is 17.4 Å². The number of hydrogen-bond acceptors (Lipinski definition) is 4. The first-order valence-electron chi connectivity index (χ1n) is 7.71. The van der Waals surface area contributed by atoms with E-state index in [1.54, 1.807) is 12.1 Å². The number of amides is 2. The van der Waals surface area contributed by atoms with E-state index < -0.39 is 0 Å². The van der Waals surface area contributed by atoms with Gasteiger partial charge in [-0.1, -0.05) is 24.3 Å². The van der Waals surface area contributed by atoms with Gasteiger partial charge in [0.1, 0.15) is 5.75 Å². The molecule has 124 valence electrons. The van der Waals surface area contributed by atoms with Crippen LogP contribution in [0.15, 0.2) is 48.5 Å². The van der Waals surface area contributed by atoms with Crippen LogP contribution >= 0.6 is 11.8 Å². The Hall–Kier alpha value is -2.47. The van der Waals surface area contributed by atoms with Crippen molar-refractivity contribution in [1.29, 1.82) is 0 Å². The second kappa shape index (κ2) is 7.40. The molecule has 0 unspecified atom stereocenters. The summed E-state index contributed by atoms with van der Waals surface area (Å²) in [6, 6.07) is 14.2. The van der Waals surface area contributed by atoms with Gasteiger partial charge in [-0.25, -0.2) is 0 Å². The van der Waals surface area contributed by atoms with Crippen LogP contribution in [-0.4, -0.2) is 27.9 Å². The largest absolute Gasteiger partial charge is 0.508 e. The van der Waals surface area contributed by atoms with Gasteiger partial charge in [0.25, 0.3) is 0 Å². The van der Waals surface area contributed by atoms with Crippen molar-refractivity contribution in [2.45, 2.75) is 18.1 Å². The molecule has 0 spiro atoms. The van der Waals surface area contributed by atoms with E-state index in [1.807, 2.05) is 24.3 Å². The summed E-state index contributed by atoms with van der Waals surface area (Å²) in [7, 11) is 0. The molecule has 0 bridgehead atoms. The number of fused-ring (bicyclic) bond motifs is 1. The third kappa shape index (κ3) is 4.08. The Balaban J connectivity index is 1.55. The quantitative estimate of drug-likeness (QED) is 0.798. The fourth-order valence-corrected chi connectivity index (χ4v) is 3.53. The van der Waals surface area contributed by atoms with Crippen LogP contribution in [0.2, 0.25) is 0 Å². The van der Waals surface area contributed by atoms with Crippen molar-refractivity contribution in [1.82, 2.24) is 0 Å². The molecule has 1 atom stereocenters. The maximum absolute atomic E-state index is 12.3.